The average Bonchev–Trinajstić information content (AvgIpc) is 2.45. The van der Waals surface area contributed by atoms with Gasteiger partial charge in [-0.3, -0.25) is 9.36 Å². The summed E-state index contributed by atoms with van der Waals surface area (Å²) in [4.78, 5) is 16.7. The third kappa shape index (κ3) is 2.80. The summed E-state index contributed by atoms with van der Waals surface area (Å²) in [5, 5.41) is 0. The molecular formula is C15H16N2O2. The van der Waals surface area contributed by atoms with Gasteiger partial charge in [-0.05, 0) is 0 Å². The molecule has 0 atom stereocenters. The van der Waals surface area contributed by atoms with Crippen molar-refractivity contribution in [3.63, 3.8) is 0 Å². The van der Waals surface area contributed by atoms with Crippen LogP contribution in [0.3, 0.4) is 0 Å². The predicted molar refractivity (Wildman–Crippen MR) is 74.8 cm³/mol. The second-order valence-electron chi connectivity index (χ2n) is 4.11. The van der Waals surface area contributed by atoms with Gasteiger partial charge in [0.05, 0.1) is 12.2 Å². The van der Waals surface area contributed by atoms with Gasteiger partial charge in [0, 0.05) is 25.4 Å². The molecule has 0 saturated carbocycles. The molecule has 0 aliphatic carbocycles. The summed E-state index contributed by atoms with van der Waals surface area (Å²) < 4.78 is 6.62. The highest BCUT2D eigenvalue weighted by Gasteiger charge is 2.10. The van der Waals surface area contributed by atoms with Gasteiger partial charge in [-0.1, -0.05) is 36.4 Å². The average molecular weight is 256 g/mol. The van der Waals surface area contributed by atoms with E-state index in [4.69, 9.17) is 4.74 Å². The maximum Gasteiger partial charge on any atom is 0.259 e. The molecule has 2 aromatic rings. The Bertz CT molecular complexity index is 618. The molecule has 1 heterocycles. The monoisotopic (exact) mass is 256 g/mol. The number of nitrogens with zero attached hydrogens (tertiary/aromatic N) is 2. The van der Waals surface area contributed by atoms with Crippen molar-refractivity contribution in [1.29, 1.82) is 0 Å². The number of rotatable bonds is 5. The van der Waals surface area contributed by atoms with Crippen molar-refractivity contribution in [2.75, 3.05) is 7.11 Å². The van der Waals surface area contributed by atoms with Gasteiger partial charge in [-0.15, -0.1) is 6.58 Å². The molecule has 1 aromatic heterocycles. The lowest BCUT2D eigenvalue weighted by Crippen LogP contribution is -2.26. The highest BCUT2D eigenvalue weighted by atomic mass is 16.5. The van der Waals surface area contributed by atoms with Gasteiger partial charge in [0.15, 0.2) is 0 Å². The molecule has 0 spiro atoms. The van der Waals surface area contributed by atoms with Crippen molar-refractivity contribution in [3.8, 4) is 11.4 Å². The zero-order chi connectivity index (χ0) is 13.7. The molecule has 19 heavy (non-hydrogen) atoms. The number of hydrogen-bond donors (Lipinski definition) is 0. The van der Waals surface area contributed by atoms with Crippen LogP contribution < -0.4 is 5.56 Å². The first-order valence-corrected chi connectivity index (χ1v) is 6.02. The van der Waals surface area contributed by atoms with Crippen molar-refractivity contribution in [2.24, 2.45) is 0 Å². The van der Waals surface area contributed by atoms with Crippen molar-refractivity contribution in [3.05, 3.63) is 65.1 Å². The van der Waals surface area contributed by atoms with Crippen LogP contribution in [0.15, 0.2) is 54.0 Å². The van der Waals surface area contributed by atoms with E-state index >= 15 is 0 Å². The zero-order valence-electron chi connectivity index (χ0n) is 10.9. The van der Waals surface area contributed by atoms with E-state index in [1.807, 2.05) is 30.3 Å². The van der Waals surface area contributed by atoms with Crippen LogP contribution in [0.5, 0.6) is 0 Å². The molecular weight excluding hydrogens is 240 g/mol. The van der Waals surface area contributed by atoms with Gasteiger partial charge in [-0.25, -0.2) is 4.98 Å². The summed E-state index contributed by atoms with van der Waals surface area (Å²) in [7, 11) is 1.56. The van der Waals surface area contributed by atoms with Crippen LogP contribution in [0.2, 0.25) is 0 Å². The Balaban J connectivity index is 2.59. The third-order valence-corrected chi connectivity index (χ3v) is 2.76. The molecule has 0 aliphatic heterocycles. The number of methoxy groups -OCH3 is 1. The molecule has 2 rings (SSSR count). The molecule has 98 valence electrons. The van der Waals surface area contributed by atoms with Crippen molar-refractivity contribution >= 4 is 0 Å². The molecule has 0 radical (unpaired) electrons. The van der Waals surface area contributed by atoms with Gasteiger partial charge in [0.1, 0.15) is 5.82 Å². The van der Waals surface area contributed by atoms with E-state index in [1.54, 1.807) is 23.9 Å². The Morgan fingerprint density at radius 3 is 2.74 bits per heavy atom. The van der Waals surface area contributed by atoms with Gasteiger partial charge >= 0.3 is 0 Å². The summed E-state index contributed by atoms with van der Waals surface area (Å²) in [6, 6.07) is 9.62. The Kier molecular flexibility index (Phi) is 4.26. The lowest BCUT2D eigenvalue weighted by molar-refractivity contribution is 0.183. The molecule has 1 aromatic carbocycles. The largest absolute Gasteiger partial charge is 0.380 e. The lowest BCUT2D eigenvalue weighted by atomic mass is 10.2. The second-order valence-corrected chi connectivity index (χ2v) is 4.11. The first-order chi connectivity index (χ1) is 9.27. The van der Waals surface area contributed by atoms with Crippen LogP contribution in [0.4, 0.5) is 0 Å². The maximum atomic E-state index is 12.3. The lowest BCUT2D eigenvalue weighted by Gasteiger charge is -2.11. The van der Waals surface area contributed by atoms with Crippen molar-refractivity contribution in [2.45, 2.75) is 13.2 Å². The predicted octanol–water partition coefficient (Wildman–Crippen LogP) is 2.24. The first kappa shape index (κ1) is 13.2. The van der Waals surface area contributed by atoms with Gasteiger partial charge in [0.25, 0.3) is 5.56 Å². The minimum absolute atomic E-state index is 0.0874. The fraction of sp³-hybridized carbons (Fsp3) is 0.200. The van der Waals surface area contributed by atoms with Crippen molar-refractivity contribution < 1.29 is 4.74 Å². The molecule has 4 heteroatoms. The maximum absolute atomic E-state index is 12.3. The van der Waals surface area contributed by atoms with E-state index in [2.05, 4.69) is 11.6 Å². The molecule has 4 nitrogen and oxygen atoms in total. The van der Waals surface area contributed by atoms with Crippen LogP contribution >= 0.6 is 0 Å². The molecule has 0 saturated heterocycles. The van der Waals surface area contributed by atoms with Gasteiger partial charge in [-0.2, -0.15) is 0 Å². The van der Waals surface area contributed by atoms with E-state index in [-0.39, 0.29) is 12.2 Å². The van der Waals surface area contributed by atoms with Gasteiger partial charge < -0.3 is 4.74 Å². The number of benzene rings is 1. The van der Waals surface area contributed by atoms with Crippen molar-refractivity contribution in [1.82, 2.24) is 9.55 Å². The van der Waals surface area contributed by atoms with Crippen LogP contribution in [0.25, 0.3) is 11.4 Å². The minimum atomic E-state index is -0.0874. The van der Waals surface area contributed by atoms with Crippen LogP contribution in [-0.4, -0.2) is 16.7 Å². The number of hydrogen-bond acceptors (Lipinski definition) is 3. The van der Waals surface area contributed by atoms with E-state index in [1.165, 1.54) is 0 Å². The van der Waals surface area contributed by atoms with E-state index in [0.717, 1.165) is 5.56 Å². The fourth-order valence-corrected chi connectivity index (χ4v) is 1.90. The normalized spacial score (nSPS) is 10.4. The summed E-state index contributed by atoms with van der Waals surface area (Å²) in [6.07, 6.45) is 3.26. The standard InChI is InChI=1S/C15H16N2O2/c1-3-9-17-14(12-7-5-4-6-8-12)16-10-13(11-19-2)15(17)18/h3-8,10H,1,9,11H2,2H3. The van der Waals surface area contributed by atoms with E-state index in [9.17, 15) is 4.79 Å². The zero-order valence-corrected chi connectivity index (χ0v) is 10.9. The molecule has 0 bridgehead atoms. The molecule has 0 N–H and O–H groups in total. The molecule has 0 fully saturated rings. The Hall–Kier alpha value is -2.20. The topological polar surface area (TPSA) is 44.1 Å². The highest BCUT2D eigenvalue weighted by molar-refractivity contribution is 5.55. The number of ether oxygens (including phenoxy) is 1. The van der Waals surface area contributed by atoms with E-state index in [0.29, 0.717) is 17.9 Å². The quantitative estimate of drug-likeness (QED) is 0.771. The molecule has 0 amide bonds. The van der Waals surface area contributed by atoms with Crippen LogP contribution in [0.1, 0.15) is 5.56 Å². The Morgan fingerprint density at radius 1 is 1.37 bits per heavy atom. The SMILES string of the molecule is C=CCn1c(-c2ccccc2)ncc(COC)c1=O. The summed E-state index contributed by atoms with van der Waals surface area (Å²) in [6.45, 7) is 4.37. The Morgan fingerprint density at radius 2 is 2.11 bits per heavy atom. The second kappa shape index (κ2) is 6.11. The minimum Gasteiger partial charge on any atom is -0.380 e. The number of aromatic nitrogens is 2. The highest BCUT2D eigenvalue weighted by Crippen LogP contribution is 2.15. The third-order valence-electron chi connectivity index (χ3n) is 2.76. The smallest absolute Gasteiger partial charge is 0.259 e. The van der Waals surface area contributed by atoms with Crippen LogP contribution in [-0.2, 0) is 17.9 Å². The van der Waals surface area contributed by atoms with Gasteiger partial charge in [0.2, 0.25) is 0 Å². The number of allylic oxidation sites excluding steroid dienone is 1. The molecule has 0 unspecified atom stereocenters. The summed E-state index contributed by atoms with van der Waals surface area (Å²) in [5.74, 6) is 0.644. The first-order valence-electron chi connectivity index (χ1n) is 6.02. The van der Waals surface area contributed by atoms with E-state index < -0.39 is 0 Å². The van der Waals surface area contributed by atoms with Crippen LogP contribution in [0, 0.1) is 0 Å². The molecule has 0 aliphatic rings. The summed E-state index contributed by atoms with van der Waals surface area (Å²) in [5.41, 5.74) is 1.37. The Labute approximate surface area is 112 Å². The summed E-state index contributed by atoms with van der Waals surface area (Å²) >= 11 is 0. The fourth-order valence-electron chi connectivity index (χ4n) is 1.90.